The van der Waals surface area contributed by atoms with Crippen LogP contribution in [0.2, 0.25) is 0 Å². The molecule has 0 saturated heterocycles. The molecule has 0 aliphatic heterocycles. The first-order valence-electron chi connectivity index (χ1n) is 5.91. The Balaban J connectivity index is 2.21. The van der Waals surface area contributed by atoms with Gasteiger partial charge in [-0.15, -0.1) is 0 Å². The lowest BCUT2D eigenvalue weighted by Crippen LogP contribution is -2.23. The average Bonchev–Trinajstić information content (AvgIpc) is 3.02. The van der Waals surface area contributed by atoms with E-state index < -0.39 is 6.10 Å². The number of hydrogen-bond donors (Lipinski definition) is 1. The van der Waals surface area contributed by atoms with E-state index in [-0.39, 0.29) is 6.10 Å². The van der Waals surface area contributed by atoms with Gasteiger partial charge in [0.1, 0.15) is 6.10 Å². The van der Waals surface area contributed by atoms with Crippen molar-refractivity contribution in [1.82, 2.24) is 0 Å². The number of aryl methyl sites for hydroxylation is 2. The Morgan fingerprint density at radius 2 is 2.00 bits per heavy atom. The molecule has 2 nitrogen and oxygen atoms in total. The molecule has 0 heterocycles. The minimum Gasteiger partial charge on any atom is -0.386 e. The van der Waals surface area contributed by atoms with Crippen LogP contribution in [0.1, 0.15) is 35.6 Å². The SMILES string of the molecule is COC(C1CC1)C(O)c1ccc(C)cc1C. The van der Waals surface area contributed by atoms with Crippen molar-refractivity contribution in [2.24, 2.45) is 5.92 Å². The second-order valence-electron chi connectivity index (χ2n) is 4.84. The van der Waals surface area contributed by atoms with Gasteiger partial charge < -0.3 is 9.84 Å². The number of aliphatic hydroxyl groups excluding tert-OH is 1. The van der Waals surface area contributed by atoms with Crippen molar-refractivity contribution in [3.05, 3.63) is 34.9 Å². The van der Waals surface area contributed by atoms with Crippen LogP contribution >= 0.6 is 0 Å². The molecule has 1 aromatic rings. The number of benzene rings is 1. The third kappa shape index (κ3) is 2.28. The summed E-state index contributed by atoms with van der Waals surface area (Å²) in [4.78, 5) is 0. The minimum absolute atomic E-state index is 0.0404. The Morgan fingerprint density at radius 3 is 2.50 bits per heavy atom. The molecule has 0 radical (unpaired) electrons. The number of aliphatic hydroxyl groups is 1. The van der Waals surface area contributed by atoms with E-state index in [0.717, 1.165) is 11.1 Å². The van der Waals surface area contributed by atoms with Crippen LogP contribution in [0.3, 0.4) is 0 Å². The van der Waals surface area contributed by atoms with Gasteiger partial charge in [-0.1, -0.05) is 23.8 Å². The third-order valence-electron chi connectivity index (χ3n) is 3.41. The first-order chi connectivity index (χ1) is 7.63. The Kier molecular flexibility index (Phi) is 3.31. The molecule has 0 bridgehead atoms. The molecule has 1 fully saturated rings. The molecule has 1 aliphatic rings. The van der Waals surface area contributed by atoms with Crippen molar-refractivity contribution in [2.45, 2.75) is 38.9 Å². The van der Waals surface area contributed by atoms with Crippen LogP contribution in [0.5, 0.6) is 0 Å². The van der Waals surface area contributed by atoms with Crippen molar-refractivity contribution in [2.75, 3.05) is 7.11 Å². The molecular formula is C14H20O2. The summed E-state index contributed by atoms with van der Waals surface area (Å²) in [7, 11) is 1.69. The lowest BCUT2D eigenvalue weighted by Gasteiger charge is -2.23. The fourth-order valence-corrected chi connectivity index (χ4v) is 2.34. The maximum absolute atomic E-state index is 10.3. The van der Waals surface area contributed by atoms with Gasteiger partial charge in [-0.25, -0.2) is 0 Å². The second kappa shape index (κ2) is 4.56. The van der Waals surface area contributed by atoms with E-state index in [9.17, 15) is 5.11 Å². The molecule has 2 atom stereocenters. The molecule has 2 unspecified atom stereocenters. The molecule has 16 heavy (non-hydrogen) atoms. The largest absolute Gasteiger partial charge is 0.386 e. The molecule has 2 heteroatoms. The fraction of sp³-hybridized carbons (Fsp3) is 0.571. The van der Waals surface area contributed by atoms with Crippen LogP contribution in [0.4, 0.5) is 0 Å². The van der Waals surface area contributed by atoms with Crippen LogP contribution in [0, 0.1) is 19.8 Å². The van der Waals surface area contributed by atoms with E-state index in [4.69, 9.17) is 4.74 Å². The van der Waals surface area contributed by atoms with Crippen molar-refractivity contribution in [3.63, 3.8) is 0 Å². The summed E-state index contributed by atoms with van der Waals surface area (Å²) in [6.45, 7) is 4.11. The molecule has 1 saturated carbocycles. The van der Waals surface area contributed by atoms with Gasteiger partial charge in [0.25, 0.3) is 0 Å². The molecular weight excluding hydrogens is 200 g/mol. The van der Waals surface area contributed by atoms with Crippen molar-refractivity contribution < 1.29 is 9.84 Å². The fourth-order valence-electron chi connectivity index (χ4n) is 2.34. The summed E-state index contributed by atoms with van der Waals surface area (Å²) in [6, 6.07) is 6.17. The molecule has 1 N–H and O–H groups in total. The van der Waals surface area contributed by atoms with Gasteiger partial charge in [-0.05, 0) is 43.7 Å². The topological polar surface area (TPSA) is 29.5 Å². The second-order valence-corrected chi connectivity index (χ2v) is 4.84. The number of rotatable bonds is 4. The van der Waals surface area contributed by atoms with Crippen molar-refractivity contribution in [3.8, 4) is 0 Å². The van der Waals surface area contributed by atoms with Gasteiger partial charge in [0.2, 0.25) is 0 Å². The number of methoxy groups -OCH3 is 1. The van der Waals surface area contributed by atoms with Gasteiger partial charge in [-0.3, -0.25) is 0 Å². The molecule has 0 aromatic heterocycles. The Morgan fingerprint density at radius 1 is 1.31 bits per heavy atom. The van der Waals surface area contributed by atoms with Gasteiger partial charge in [0.15, 0.2) is 0 Å². The molecule has 88 valence electrons. The first-order valence-corrected chi connectivity index (χ1v) is 5.91. The maximum Gasteiger partial charge on any atom is 0.106 e. The molecule has 0 spiro atoms. The van der Waals surface area contributed by atoms with Crippen LogP contribution in [-0.4, -0.2) is 18.3 Å². The quantitative estimate of drug-likeness (QED) is 0.845. The smallest absolute Gasteiger partial charge is 0.106 e. The molecule has 1 aliphatic carbocycles. The third-order valence-corrected chi connectivity index (χ3v) is 3.41. The van der Waals surface area contributed by atoms with E-state index in [1.165, 1.54) is 18.4 Å². The highest BCUT2D eigenvalue weighted by Gasteiger charge is 2.37. The monoisotopic (exact) mass is 220 g/mol. The molecule has 2 rings (SSSR count). The Hall–Kier alpha value is -0.860. The Bertz CT molecular complexity index is 369. The first kappa shape index (κ1) is 11.6. The average molecular weight is 220 g/mol. The van der Waals surface area contributed by atoms with E-state index in [2.05, 4.69) is 13.0 Å². The van der Waals surface area contributed by atoms with Crippen LogP contribution in [0.15, 0.2) is 18.2 Å². The lowest BCUT2D eigenvalue weighted by atomic mass is 9.95. The van der Waals surface area contributed by atoms with Crippen molar-refractivity contribution in [1.29, 1.82) is 0 Å². The summed E-state index contributed by atoms with van der Waals surface area (Å²) in [5.74, 6) is 0.542. The van der Waals surface area contributed by atoms with E-state index >= 15 is 0 Å². The van der Waals surface area contributed by atoms with Gasteiger partial charge in [0.05, 0.1) is 6.10 Å². The highest BCUT2D eigenvalue weighted by Crippen LogP contribution is 2.40. The molecule has 0 amide bonds. The summed E-state index contributed by atoms with van der Waals surface area (Å²) < 4.78 is 5.43. The van der Waals surface area contributed by atoms with Gasteiger partial charge >= 0.3 is 0 Å². The lowest BCUT2D eigenvalue weighted by molar-refractivity contribution is -0.0262. The van der Waals surface area contributed by atoms with E-state index in [1.807, 2.05) is 19.1 Å². The van der Waals surface area contributed by atoms with Crippen LogP contribution in [-0.2, 0) is 4.74 Å². The standard InChI is InChI=1S/C14H20O2/c1-9-4-7-12(10(2)8-9)13(15)14(16-3)11-5-6-11/h4,7-8,11,13-15H,5-6H2,1-3H3. The summed E-state index contributed by atoms with van der Waals surface area (Å²) in [6.07, 6.45) is 1.83. The zero-order valence-electron chi connectivity index (χ0n) is 10.2. The predicted octanol–water partition coefficient (Wildman–Crippen LogP) is 2.76. The summed E-state index contributed by atoms with van der Waals surface area (Å²) in [5.41, 5.74) is 3.38. The van der Waals surface area contributed by atoms with E-state index in [0.29, 0.717) is 5.92 Å². The zero-order valence-corrected chi connectivity index (χ0v) is 10.2. The highest BCUT2D eigenvalue weighted by atomic mass is 16.5. The summed E-state index contributed by atoms with van der Waals surface area (Å²) >= 11 is 0. The Labute approximate surface area is 97.3 Å². The zero-order chi connectivity index (χ0) is 11.7. The van der Waals surface area contributed by atoms with Gasteiger partial charge in [0, 0.05) is 7.11 Å². The highest BCUT2D eigenvalue weighted by molar-refractivity contribution is 5.32. The van der Waals surface area contributed by atoms with Gasteiger partial charge in [-0.2, -0.15) is 0 Å². The summed E-state index contributed by atoms with van der Waals surface area (Å²) in [5, 5.41) is 10.3. The van der Waals surface area contributed by atoms with Crippen molar-refractivity contribution >= 4 is 0 Å². The molecule has 1 aromatic carbocycles. The van der Waals surface area contributed by atoms with Crippen LogP contribution in [0.25, 0.3) is 0 Å². The predicted molar refractivity (Wildman–Crippen MR) is 64.4 cm³/mol. The maximum atomic E-state index is 10.3. The van der Waals surface area contributed by atoms with E-state index in [1.54, 1.807) is 7.11 Å². The number of ether oxygens (including phenoxy) is 1. The number of hydrogen-bond acceptors (Lipinski definition) is 2. The minimum atomic E-state index is -0.488. The normalized spacial score (nSPS) is 19.5. The van der Waals surface area contributed by atoms with Crippen LogP contribution < -0.4 is 0 Å².